The zero-order valence-corrected chi connectivity index (χ0v) is 12.7. The number of aromatic nitrogens is 1. The van der Waals surface area contributed by atoms with E-state index in [4.69, 9.17) is 4.74 Å². The average molecular weight is 287 g/mol. The van der Waals surface area contributed by atoms with Crippen molar-refractivity contribution in [2.45, 2.75) is 26.7 Å². The molecule has 0 fully saturated rings. The normalized spacial score (nSPS) is 12.6. The summed E-state index contributed by atoms with van der Waals surface area (Å²) < 4.78 is 4.85. The second kappa shape index (κ2) is 6.57. The molecular formula is C17H21NO3. The number of H-pyrrole nitrogens is 1. The Bertz CT molecular complexity index is 642. The molecule has 1 heterocycles. The van der Waals surface area contributed by atoms with Crippen molar-refractivity contribution in [3.05, 3.63) is 36.0 Å². The van der Waals surface area contributed by atoms with Crippen LogP contribution in [-0.4, -0.2) is 23.8 Å². The first kappa shape index (κ1) is 15.3. The van der Waals surface area contributed by atoms with E-state index in [0.717, 1.165) is 16.5 Å². The third kappa shape index (κ3) is 3.51. The Morgan fingerprint density at radius 3 is 2.62 bits per heavy atom. The summed E-state index contributed by atoms with van der Waals surface area (Å²) >= 11 is 0. The van der Waals surface area contributed by atoms with Crippen molar-refractivity contribution in [3.8, 4) is 0 Å². The summed E-state index contributed by atoms with van der Waals surface area (Å²) in [4.78, 5) is 27.1. The predicted molar refractivity (Wildman–Crippen MR) is 82.0 cm³/mol. The minimum absolute atomic E-state index is 0.0693. The van der Waals surface area contributed by atoms with Crippen LogP contribution in [0, 0.1) is 11.8 Å². The molecule has 0 aliphatic carbocycles. The van der Waals surface area contributed by atoms with Gasteiger partial charge in [0.15, 0.2) is 0 Å². The first-order valence-corrected chi connectivity index (χ1v) is 7.18. The summed E-state index contributed by atoms with van der Waals surface area (Å²) in [6.07, 6.45) is 2.64. The maximum Gasteiger partial charge on any atom is 0.309 e. The molecule has 2 rings (SSSR count). The number of rotatable bonds is 6. The summed E-state index contributed by atoms with van der Waals surface area (Å²) in [6, 6.07) is 7.93. The summed E-state index contributed by atoms with van der Waals surface area (Å²) in [6.45, 7) is 3.70. The average Bonchev–Trinajstić information content (AvgIpc) is 2.89. The van der Waals surface area contributed by atoms with Crippen molar-refractivity contribution in [2.75, 3.05) is 7.11 Å². The number of ketones is 1. The predicted octanol–water partition coefficient (Wildman–Crippen LogP) is 3.11. The first-order chi connectivity index (χ1) is 10.0. The zero-order chi connectivity index (χ0) is 15.4. The van der Waals surface area contributed by atoms with Crippen LogP contribution in [0.3, 0.4) is 0 Å². The molecule has 0 aliphatic rings. The maximum absolute atomic E-state index is 12.0. The second-order valence-electron chi connectivity index (χ2n) is 5.61. The van der Waals surface area contributed by atoms with E-state index in [1.165, 1.54) is 7.11 Å². The number of nitrogens with one attached hydrogen (secondary N) is 1. The highest BCUT2D eigenvalue weighted by atomic mass is 16.5. The zero-order valence-electron chi connectivity index (χ0n) is 12.7. The van der Waals surface area contributed by atoms with Crippen LogP contribution in [0.15, 0.2) is 30.5 Å². The third-order valence-electron chi connectivity index (χ3n) is 3.77. The molecule has 2 aromatic rings. The van der Waals surface area contributed by atoms with Gasteiger partial charge in [0.05, 0.1) is 13.0 Å². The van der Waals surface area contributed by atoms with Gasteiger partial charge in [0.1, 0.15) is 5.78 Å². The molecule has 0 saturated heterocycles. The molecule has 21 heavy (non-hydrogen) atoms. The quantitative estimate of drug-likeness (QED) is 0.830. The highest BCUT2D eigenvalue weighted by Crippen LogP contribution is 2.23. The number of carbonyl (C=O) groups excluding carboxylic acids is 2. The SMILES string of the molecule is COC(=O)C(CC(=O)C(C)C)Cc1c[nH]c2ccccc12. The van der Waals surface area contributed by atoms with Crippen LogP contribution in [0.2, 0.25) is 0 Å². The third-order valence-corrected chi connectivity index (χ3v) is 3.77. The van der Waals surface area contributed by atoms with Crippen LogP contribution < -0.4 is 0 Å². The molecule has 1 N–H and O–H groups in total. The molecule has 1 aromatic heterocycles. The number of hydrogen-bond acceptors (Lipinski definition) is 3. The van der Waals surface area contributed by atoms with E-state index in [1.54, 1.807) is 0 Å². The fourth-order valence-corrected chi connectivity index (χ4v) is 2.45. The summed E-state index contributed by atoms with van der Waals surface area (Å²) in [7, 11) is 1.37. The molecule has 0 saturated carbocycles. The van der Waals surface area contributed by atoms with Gasteiger partial charge in [-0.2, -0.15) is 0 Å². The number of hydrogen-bond donors (Lipinski definition) is 1. The molecule has 112 valence electrons. The van der Waals surface area contributed by atoms with E-state index in [1.807, 2.05) is 44.3 Å². The molecule has 0 spiro atoms. The number of esters is 1. The minimum atomic E-state index is -0.427. The van der Waals surface area contributed by atoms with Gasteiger partial charge in [0.2, 0.25) is 0 Å². The van der Waals surface area contributed by atoms with Gasteiger partial charge in [0, 0.05) is 29.4 Å². The van der Waals surface area contributed by atoms with E-state index in [9.17, 15) is 9.59 Å². The number of methoxy groups -OCH3 is 1. The van der Waals surface area contributed by atoms with Crippen molar-refractivity contribution in [3.63, 3.8) is 0 Å². The Kier molecular flexibility index (Phi) is 4.78. The molecule has 0 amide bonds. The summed E-state index contributed by atoms with van der Waals surface area (Å²) in [5, 5.41) is 1.09. The minimum Gasteiger partial charge on any atom is -0.469 e. The molecule has 4 heteroatoms. The number of carbonyl (C=O) groups is 2. The molecular weight excluding hydrogens is 266 g/mol. The van der Waals surface area contributed by atoms with Gasteiger partial charge in [-0.05, 0) is 18.1 Å². The van der Waals surface area contributed by atoms with E-state index >= 15 is 0 Å². The van der Waals surface area contributed by atoms with Gasteiger partial charge in [-0.1, -0.05) is 32.0 Å². The Labute approximate surface area is 124 Å². The lowest BCUT2D eigenvalue weighted by Gasteiger charge is -2.14. The van der Waals surface area contributed by atoms with Crippen LogP contribution in [0.4, 0.5) is 0 Å². The number of para-hydroxylation sites is 1. The summed E-state index contributed by atoms with van der Waals surface area (Å²) in [5.41, 5.74) is 2.07. The number of fused-ring (bicyclic) bond motifs is 1. The lowest BCUT2D eigenvalue weighted by Crippen LogP contribution is -2.24. The Balaban J connectivity index is 2.22. The van der Waals surface area contributed by atoms with Crippen molar-refractivity contribution in [1.82, 2.24) is 4.98 Å². The highest BCUT2D eigenvalue weighted by molar-refractivity contribution is 5.87. The molecule has 0 bridgehead atoms. The van der Waals surface area contributed by atoms with E-state index in [0.29, 0.717) is 6.42 Å². The molecule has 0 aliphatic heterocycles. The fraction of sp³-hybridized carbons (Fsp3) is 0.412. The van der Waals surface area contributed by atoms with Gasteiger partial charge in [-0.25, -0.2) is 0 Å². The molecule has 1 aromatic carbocycles. The van der Waals surface area contributed by atoms with Crippen LogP contribution in [0.1, 0.15) is 25.8 Å². The van der Waals surface area contributed by atoms with Gasteiger partial charge in [-0.3, -0.25) is 9.59 Å². The number of Topliss-reactive ketones (excluding diaryl/α,β-unsaturated/α-hetero) is 1. The van der Waals surface area contributed by atoms with E-state index < -0.39 is 5.92 Å². The Hall–Kier alpha value is -2.10. The lowest BCUT2D eigenvalue weighted by molar-refractivity contribution is -0.147. The van der Waals surface area contributed by atoms with Gasteiger partial charge in [-0.15, -0.1) is 0 Å². The number of benzene rings is 1. The second-order valence-corrected chi connectivity index (χ2v) is 5.61. The molecule has 4 nitrogen and oxygen atoms in total. The lowest BCUT2D eigenvalue weighted by atomic mass is 9.91. The molecule has 0 radical (unpaired) electrons. The van der Waals surface area contributed by atoms with Crippen LogP contribution >= 0.6 is 0 Å². The van der Waals surface area contributed by atoms with Crippen LogP contribution in [0.25, 0.3) is 10.9 Å². The van der Waals surface area contributed by atoms with Crippen molar-refractivity contribution in [1.29, 1.82) is 0 Å². The monoisotopic (exact) mass is 287 g/mol. The van der Waals surface area contributed by atoms with Gasteiger partial charge >= 0.3 is 5.97 Å². The standard InChI is InChI=1S/C17H21NO3/c1-11(2)16(19)9-12(17(20)21-3)8-13-10-18-15-7-5-4-6-14(13)15/h4-7,10-12,18H,8-9H2,1-3H3. The smallest absolute Gasteiger partial charge is 0.309 e. The first-order valence-electron chi connectivity index (χ1n) is 7.18. The van der Waals surface area contributed by atoms with Crippen LogP contribution in [-0.2, 0) is 20.7 Å². The van der Waals surface area contributed by atoms with E-state index in [-0.39, 0.29) is 24.1 Å². The van der Waals surface area contributed by atoms with E-state index in [2.05, 4.69) is 4.98 Å². The maximum atomic E-state index is 12.0. The van der Waals surface area contributed by atoms with Crippen molar-refractivity contribution < 1.29 is 14.3 Å². The highest BCUT2D eigenvalue weighted by Gasteiger charge is 2.25. The number of aromatic amines is 1. The van der Waals surface area contributed by atoms with Gasteiger partial charge in [0.25, 0.3) is 0 Å². The number of ether oxygens (including phenoxy) is 1. The van der Waals surface area contributed by atoms with Gasteiger partial charge < -0.3 is 9.72 Å². The van der Waals surface area contributed by atoms with Crippen molar-refractivity contribution in [2.24, 2.45) is 11.8 Å². The Morgan fingerprint density at radius 2 is 1.95 bits per heavy atom. The Morgan fingerprint density at radius 1 is 1.24 bits per heavy atom. The van der Waals surface area contributed by atoms with Crippen molar-refractivity contribution >= 4 is 22.7 Å². The summed E-state index contributed by atoms with van der Waals surface area (Å²) in [5.74, 6) is -0.733. The fourth-order valence-electron chi connectivity index (χ4n) is 2.45. The molecule has 1 atom stereocenters. The topological polar surface area (TPSA) is 59.2 Å². The van der Waals surface area contributed by atoms with Crippen LogP contribution in [0.5, 0.6) is 0 Å². The molecule has 1 unspecified atom stereocenters. The largest absolute Gasteiger partial charge is 0.469 e.